The molecule has 0 amide bonds. The summed E-state index contributed by atoms with van der Waals surface area (Å²) in [5, 5.41) is 14.3. The molecule has 1 saturated carbocycles. The van der Waals surface area contributed by atoms with Gasteiger partial charge in [-0.1, -0.05) is 34.0 Å². The Morgan fingerprint density at radius 3 is 2.60 bits per heavy atom. The summed E-state index contributed by atoms with van der Waals surface area (Å²) >= 11 is 9.74. The van der Waals surface area contributed by atoms with E-state index in [4.69, 9.17) is 11.6 Å². The number of hydrogen-bond acceptors (Lipinski definition) is 3. The monoisotopic (exact) mass is 358 g/mol. The van der Waals surface area contributed by atoms with Crippen molar-refractivity contribution in [1.29, 1.82) is 0 Å². The predicted molar refractivity (Wildman–Crippen MR) is 85.3 cm³/mol. The molecule has 1 aromatic carbocycles. The Kier molecular flexibility index (Phi) is 4.55. The van der Waals surface area contributed by atoms with Crippen LogP contribution in [0.2, 0.25) is 5.02 Å². The van der Waals surface area contributed by atoms with Crippen molar-refractivity contribution in [2.75, 3.05) is 26.2 Å². The summed E-state index contributed by atoms with van der Waals surface area (Å²) in [5.41, 5.74) is 0.976. The van der Waals surface area contributed by atoms with Gasteiger partial charge >= 0.3 is 0 Å². The third-order valence-corrected chi connectivity index (χ3v) is 5.55. The molecule has 1 heterocycles. The topological polar surface area (TPSA) is 35.5 Å². The maximum absolute atomic E-state index is 10.4. The second kappa shape index (κ2) is 6.22. The van der Waals surface area contributed by atoms with Crippen LogP contribution in [-0.4, -0.2) is 36.2 Å². The third-order valence-electron chi connectivity index (χ3n) is 4.55. The molecule has 1 aliphatic carbocycles. The van der Waals surface area contributed by atoms with Crippen LogP contribution in [0.3, 0.4) is 0 Å². The highest BCUT2D eigenvalue weighted by atomic mass is 79.9. The van der Waals surface area contributed by atoms with Crippen LogP contribution in [0.4, 0.5) is 0 Å². The van der Waals surface area contributed by atoms with Crippen LogP contribution < -0.4 is 5.32 Å². The van der Waals surface area contributed by atoms with E-state index in [1.807, 2.05) is 6.07 Å². The van der Waals surface area contributed by atoms with Crippen molar-refractivity contribution in [3.8, 4) is 5.75 Å². The summed E-state index contributed by atoms with van der Waals surface area (Å²) in [6.45, 7) is 4.09. The molecule has 0 unspecified atom stereocenters. The van der Waals surface area contributed by atoms with Crippen LogP contribution in [-0.2, 0) is 0 Å². The molecule has 2 fully saturated rings. The summed E-state index contributed by atoms with van der Waals surface area (Å²) in [4.78, 5) is 2.50. The summed E-state index contributed by atoms with van der Waals surface area (Å²) in [6.07, 6.45) is 3.78. The van der Waals surface area contributed by atoms with Crippen molar-refractivity contribution in [1.82, 2.24) is 10.2 Å². The lowest BCUT2D eigenvalue weighted by molar-refractivity contribution is 0.0814. The second-order valence-electron chi connectivity index (χ2n) is 5.71. The van der Waals surface area contributed by atoms with Gasteiger partial charge in [0.25, 0.3) is 0 Å². The fraction of sp³-hybridized carbons (Fsp3) is 0.600. The molecule has 3 rings (SSSR count). The molecule has 2 N–H and O–H groups in total. The minimum Gasteiger partial charge on any atom is -0.506 e. The lowest BCUT2D eigenvalue weighted by atomic mass is 9.76. The number of phenols is 1. The van der Waals surface area contributed by atoms with Crippen molar-refractivity contribution in [3.05, 3.63) is 27.2 Å². The van der Waals surface area contributed by atoms with E-state index in [2.05, 4.69) is 26.1 Å². The van der Waals surface area contributed by atoms with Crippen molar-refractivity contribution in [2.24, 2.45) is 5.92 Å². The van der Waals surface area contributed by atoms with E-state index in [-0.39, 0.29) is 11.8 Å². The molecule has 110 valence electrons. The van der Waals surface area contributed by atoms with Crippen molar-refractivity contribution < 1.29 is 5.11 Å². The molecule has 5 heteroatoms. The summed E-state index contributed by atoms with van der Waals surface area (Å²) in [5.74, 6) is 0.880. The normalized spacial score (nSPS) is 22.5. The molecule has 0 bridgehead atoms. The van der Waals surface area contributed by atoms with E-state index in [0.717, 1.165) is 36.2 Å². The van der Waals surface area contributed by atoms with Gasteiger partial charge in [0.2, 0.25) is 0 Å². The molecule has 1 atom stereocenters. The highest BCUT2D eigenvalue weighted by Gasteiger charge is 2.36. The van der Waals surface area contributed by atoms with Crippen molar-refractivity contribution in [2.45, 2.75) is 25.3 Å². The number of nitrogens with zero attached hydrogens (tertiary/aromatic N) is 1. The van der Waals surface area contributed by atoms with Gasteiger partial charge < -0.3 is 10.4 Å². The molecule has 1 aromatic rings. The Morgan fingerprint density at radius 2 is 2.00 bits per heavy atom. The molecule has 0 spiro atoms. The molecular formula is C15H20BrClN2O. The van der Waals surface area contributed by atoms with Crippen LogP contribution in [0.5, 0.6) is 5.75 Å². The highest BCUT2D eigenvalue weighted by molar-refractivity contribution is 9.10. The van der Waals surface area contributed by atoms with Crippen molar-refractivity contribution in [3.63, 3.8) is 0 Å². The molecule has 2 aliphatic rings. The number of halogens is 2. The van der Waals surface area contributed by atoms with Crippen LogP contribution >= 0.6 is 27.5 Å². The smallest absolute Gasteiger partial charge is 0.140 e. The lowest BCUT2D eigenvalue weighted by Gasteiger charge is -2.43. The molecule has 0 aromatic heterocycles. The first-order chi connectivity index (χ1) is 9.68. The molecule has 1 saturated heterocycles. The first kappa shape index (κ1) is 14.6. The average molecular weight is 360 g/mol. The maximum Gasteiger partial charge on any atom is 0.140 e. The maximum atomic E-state index is 10.4. The van der Waals surface area contributed by atoms with E-state index in [1.54, 1.807) is 6.07 Å². The van der Waals surface area contributed by atoms with Gasteiger partial charge in [-0.05, 0) is 30.9 Å². The Hall–Kier alpha value is -0.290. The van der Waals surface area contributed by atoms with Crippen LogP contribution in [0.1, 0.15) is 30.9 Å². The van der Waals surface area contributed by atoms with E-state index in [0.29, 0.717) is 10.9 Å². The molecule has 3 nitrogen and oxygen atoms in total. The zero-order chi connectivity index (χ0) is 14.1. The summed E-state index contributed by atoms with van der Waals surface area (Å²) in [7, 11) is 0. The van der Waals surface area contributed by atoms with Crippen LogP contribution in [0.15, 0.2) is 16.6 Å². The highest BCUT2D eigenvalue weighted by Crippen LogP contribution is 2.48. The Balaban J connectivity index is 1.98. The SMILES string of the molecule is Oc1c(Cl)ccc(Br)c1[C@@H](C1CCC1)N1CCNCC1. The zero-order valence-corrected chi connectivity index (χ0v) is 13.8. The molecule has 0 radical (unpaired) electrons. The second-order valence-corrected chi connectivity index (χ2v) is 6.97. The van der Waals surface area contributed by atoms with E-state index in [1.165, 1.54) is 19.3 Å². The average Bonchev–Trinajstić information content (AvgIpc) is 2.41. The van der Waals surface area contributed by atoms with Crippen molar-refractivity contribution >= 4 is 27.5 Å². The quantitative estimate of drug-likeness (QED) is 0.866. The van der Waals surface area contributed by atoms with E-state index in [9.17, 15) is 5.11 Å². The van der Waals surface area contributed by atoms with E-state index >= 15 is 0 Å². The number of benzene rings is 1. The first-order valence-corrected chi connectivity index (χ1v) is 8.47. The van der Waals surface area contributed by atoms with Gasteiger partial charge in [0.1, 0.15) is 5.75 Å². The van der Waals surface area contributed by atoms with Gasteiger partial charge in [-0.2, -0.15) is 0 Å². The Bertz CT molecular complexity index is 487. The van der Waals surface area contributed by atoms with Crippen LogP contribution in [0.25, 0.3) is 0 Å². The van der Waals surface area contributed by atoms with Gasteiger partial charge in [-0.3, -0.25) is 4.90 Å². The van der Waals surface area contributed by atoms with Crippen LogP contribution in [0, 0.1) is 5.92 Å². The Labute approximate surface area is 133 Å². The minimum absolute atomic E-state index is 0.247. The van der Waals surface area contributed by atoms with Gasteiger partial charge in [0.05, 0.1) is 5.02 Å². The minimum atomic E-state index is 0.247. The third kappa shape index (κ3) is 2.71. The van der Waals surface area contributed by atoms with Gasteiger partial charge in [0, 0.05) is 42.3 Å². The fourth-order valence-electron chi connectivity index (χ4n) is 3.27. The van der Waals surface area contributed by atoms with Gasteiger partial charge in [0.15, 0.2) is 0 Å². The number of phenolic OH excluding ortho intramolecular Hbond substituents is 1. The summed E-state index contributed by atoms with van der Waals surface area (Å²) < 4.78 is 0.967. The molecule has 1 aliphatic heterocycles. The van der Waals surface area contributed by atoms with E-state index < -0.39 is 0 Å². The number of rotatable bonds is 3. The first-order valence-electron chi connectivity index (χ1n) is 7.30. The largest absolute Gasteiger partial charge is 0.506 e. The number of nitrogens with one attached hydrogen (secondary N) is 1. The molecule has 20 heavy (non-hydrogen) atoms. The van der Waals surface area contributed by atoms with Gasteiger partial charge in [-0.15, -0.1) is 0 Å². The summed E-state index contributed by atoms with van der Waals surface area (Å²) in [6, 6.07) is 3.98. The Morgan fingerprint density at radius 1 is 1.30 bits per heavy atom. The lowest BCUT2D eigenvalue weighted by Crippen LogP contribution is -2.48. The number of aromatic hydroxyl groups is 1. The predicted octanol–water partition coefficient (Wildman–Crippen LogP) is 3.55. The number of hydrogen-bond donors (Lipinski definition) is 2. The van der Waals surface area contributed by atoms with Gasteiger partial charge in [-0.25, -0.2) is 0 Å². The standard InChI is InChI=1S/C15H20BrClN2O/c16-11-4-5-12(17)15(20)13(11)14(10-2-1-3-10)19-8-6-18-7-9-19/h4-5,10,14,18,20H,1-3,6-9H2/t14-/m1/s1. The number of piperazine rings is 1. The zero-order valence-electron chi connectivity index (χ0n) is 11.4. The fourth-order valence-corrected chi connectivity index (χ4v) is 3.99. The molecular weight excluding hydrogens is 340 g/mol.